The Hall–Kier alpha value is -3.81. The molecule has 2 aromatic carbocycles. The van der Waals surface area contributed by atoms with Crippen LogP contribution in [0, 0.1) is 11.7 Å². The molecule has 4 heterocycles. The SMILES string of the molecule is Nc1cc(C(=O)N2CCN(c3ccc(F)cc3)CC2)ccc1N1CC2CC(C1)c1cccc(=O)n1C2. The van der Waals surface area contributed by atoms with Gasteiger partial charge in [-0.2, -0.15) is 0 Å². The molecule has 0 spiro atoms. The van der Waals surface area contributed by atoms with E-state index in [9.17, 15) is 14.0 Å². The zero-order valence-corrected chi connectivity index (χ0v) is 20.1. The van der Waals surface area contributed by atoms with Gasteiger partial charge in [-0.1, -0.05) is 6.07 Å². The largest absolute Gasteiger partial charge is 0.397 e. The smallest absolute Gasteiger partial charge is 0.254 e. The molecule has 3 aliphatic rings. The van der Waals surface area contributed by atoms with Crippen molar-refractivity contribution < 1.29 is 9.18 Å². The Balaban J connectivity index is 1.14. The van der Waals surface area contributed by atoms with Crippen LogP contribution in [0.25, 0.3) is 0 Å². The first kappa shape index (κ1) is 22.6. The second-order valence-corrected chi connectivity index (χ2v) is 10.1. The summed E-state index contributed by atoms with van der Waals surface area (Å²) in [5, 5.41) is 0. The van der Waals surface area contributed by atoms with Gasteiger partial charge in [0.15, 0.2) is 0 Å². The molecule has 2 N–H and O–H groups in total. The molecule has 0 radical (unpaired) electrons. The molecule has 0 saturated carbocycles. The molecule has 3 aromatic rings. The van der Waals surface area contributed by atoms with Crippen molar-refractivity contribution in [3.05, 3.63) is 88.1 Å². The number of pyridine rings is 1. The van der Waals surface area contributed by atoms with Crippen molar-refractivity contribution in [2.24, 2.45) is 5.92 Å². The van der Waals surface area contributed by atoms with E-state index in [1.54, 1.807) is 24.3 Å². The van der Waals surface area contributed by atoms with Gasteiger partial charge < -0.3 is 25.0 Å². The average molecular weight is 488 g/mol. The van der Waals surface area contributed by atoms with Gasteiger partial charge in [0, 0.05) is 74.7 Å². The molecular formula is C28H30FN5O2. The number of amides is 1. The number of nitrogens with zero attached hydrogens (tertiary/aromatic N) is 4. The Labute approximate surface area is 209 Å². The van der Waals surface area contributed by atoms with Gasteiger partial charge in [0.05, 0.1) is 11.4 Å². The first-order valence-corrected chi connectivity index (χ1v) is 12.6. The zero-order valence-electron chi connectivity index (χ0n) is 20.1. The molecule has 8 heteroatoms. The molecule has 0 aliphatic carbocycles. The van der Waals surface area contributed by atoms with Crippen molar-refractivity contribution in [1.82, 2.24) is 9.47 Å². The van der Waals surface area contributed by atoms with E-state index in [0.29, 0.717) is 49.3 Å². The number of aromatic nitrogens is 1. The number of nitrogen functional groups attached to an aromatic ring is 1. The highest BCUT2D eigenvalue weighted by atomic mass is 19.1. The Morgan fingerprint density at radius 1 is 0.889 bits per heavy atom. The van der Waals surface area contributed by atoms with E-state index in [1.165, 1.54) is 12.1 Å². The van der Waals surface area contributed by atoms with Crippen LogP contribution in [0.5, 0.6) is 0 Å². The molecular weight excluding hydrogens is 457 g/mol. The summed E-state index contributed by atoms with van der Waals surface area (Å²) in [5.74, 6) is 0.427. The van der Waals surface area contributed by atoms with Crippen LogP contribution in [-0.4, -0.2) is 54.6 Å². The molecule has 6 rings (SSSR count). The topological polar surface area (TPSA) is 74.8 Å². The van der Waals surface area contributed by atoms with E-state index in [-0.39, 0.29) is 17.3 Å². The lowest BCUT2D eigenvalue weighted by atomic mass is 9.83. The fourth-order valence-electron chi connectivity index (χ4n) is 6.07. The number of hydrogen-bond acceptors (Lipinski definition) is 5. The number of rotatable bonds is 3. The van der Waals surface area contributed by atoms with Gasteiger partial charge >= 0.3 is 0 Å². The van der Waals surface area contributed by atoms with Crippen LogP contribution in [0.1, 0.15) is 28.4 Å². The molecule has 2 saturated heterocycles. The predicted octanol–water partition coefficient (Wildman–Crippen LogP) is 3.16. The number of hydrogen-bond donors (Lipinski definition) is 1. The van der Waals surface area contributed by atoms with Gasteiger partial charge in [-0.3, -0.25) is 9.59 Å². The summed E-state index contributed by atoms with van der Waals surface area (Å²) >= 11 is 0. The molecule has 186 valence electrons. The first-order valence-electron chi connectivity index (χ1n) is 12.6. The maximum absolute atomic E-state index is 13.2. The van der Waals surface area contributed by atoms with E-state index in [4.69, 9.17) is 5.73 Å². The minimum atomic E-state index is -0.248. The second kappa shape index (κ2) is 9.00. The van der Waals surface area contributed by atoms with E-state index in [0.717, 1.165) is 43.1 Å². The summed E-state index contributed by atoms with van der Waals surface area (Å²) in [7, 11) is 0. The van der Waals surface area contributed by atoms with Gasteiger partial charge in [0.25, 0.3) is 11.5 Å². The normalized spacial score (nSPS) is 21.3. The molecule has 3 aliphatic heterocycles. The third kappa shape index (κ3) is 4.10. The van der Waals surface area contributed by atoms with Crippen molar-refractivity contribution >= 4 is 23.0 Å². The predicted molar refractivity (Wildman–Crippen MR) is 139 cm³/mol. The number of anilines is 3. The van der Waals surface area contributed by atoms with Crippen LogP contribution in [0.4, 0.5) is 21.5 Å². The van der Waals surface area contributed by atoms with Gasteiger partial charge in [0.1, 0.15) is 5.82 Å². The summed E-state index contributed by atoms with van der Waals surface area (Å²) in [5.41, 5.74) is 10.8. The van der Waals surface area contributed by atoms with Crippen LogP contribution < -0.4 is 21.1 Å². The third-order valence-corrected chi connectivity index (χ3v) is 7.85. The van der Waals surface area contributed by atoms with Crippen molar-refractivity contribution in [2.75, 3.05) is 54.8 Å². The lowest BCUT2D eigenvalue weighted by Gasteiger charge is -2.44. The Morgan fingerprint density at radius 2 is 1.67 bits per heavy atom. The van der Waals surface area contributed by atoms with Gasteiger partial charge in [-0.15, -0.1) is 0 Å². The fourth-order valence-corrected chi connectivity index (χ4v) is 6.07. The Kier molecular flexibility index (Phi) is 5.66. The quantitative estimate of drug-likeness (QED) is 0.575. The van der Waals surface area contributed by atoms with E-state index < -0.39 is 0 Å². The maximum Gasteiger partial charge on any atom is 0.254 e. The van der Waals surface area contributed by atoms with Gasteiger partial charge in [-0.05, 0) is 60.9 Å². The number of carbonyl (C=O) groups is 1. The van der Waals surface area contributed by atoms with E-state index >= 15 is 0 Å². The summed E-state index contributed by atoms with van der Waals surface area (Å²) < 4.78 is 15.2. The summed E-state index contributed by atoms with van der Waals surface area (Å²) in [6, 6.07) is 17.7. The fraction of sp³-hybridized carbons (Fsp3) is 0.357. The lowest BCUT2D eigenvalue weighted by Crippen LogP contribution is -2.49. The van der Waals surface area contributed by atoms with Crippen LogP contribution in [-0.2, 0) is 6.54 Å². The number of halogens is 1. The van der Waals surface area contributed by atoms with Crippen LogP contribution >= 0.6 is 0 Å². The summed E-state index contributed by atoms with van der Waals surface area (Å²) in [6.07, 6.45) is 1.08. The molecule has 1 aromatic heterocycles. The number of benzene rings is 2. The molecule has 7 nitrogen and oxygen atoms in total. The third-order valence-electron chi connectivity index (χ3n) is 7.85. The Bertz CT molecular complexity index is 1350. The molecule has 2 unspecified atom stereocenters. The molecule has 2 fully saturated rings. The van der Waals surface area contributed by atoms with Crippen LogP contribution in [0.15, 0.2) is 65.5 Å². The van der Waals surface area contributed by atoms with Crippen LogP contribution in [0.2, 0.25) is 0 Å². The molecule has 36 heavy (non-hydrogen) atoms. The lowest BCUT2D eigenvalue weighted by molar-refractivity contribution is 0.0747. The number of fused-ring (bicyclic) bond motifs is 4. The van der Waals surface area contributed by atoms with Crippen molar-refractivity contribution in [3.8, 4) is 0 Å². The molecule has 2 atom stereocenters. The van der Waals surface area contributed by atoms with Gasteiger partial charge in [-0.25, -0.2) is 4.39 Å². The van der Waals surface area contributed by atoms with Gasteiger partial charge in [0.2, 0.25) is 0 Å². The monoisotopic (exact) mass is 487 g/mol. The summed E-state index contributed by atoms with van der Waals surface area (Å²) in [4.78, 5) is 31.9. The maximum atomic E-state index is 13.2. The number of carbonyl (C=O) groups excluding carboxylic acids is 1. The number of piperidine rings is 1. The summed E-state index contributed by atoms with van der Waals surface area (Å²) in [6.45, 7) is 5.00. The molecule has 1 amide bonds. The minimum absolute atomic E-state index is 0.0178. The standard InChI is InChI=1S/C28H30FN5O2/c29-22-5-7-23(8-6-22)31-10-12-32(13-11-31)28(36)20-4-9-26(24(30)15-20)33-16-19-14-21(18-33)25-2-1-3-27(35)34(25)17-19/h1-9,15,19,21H,10-14,16-18,30H2. The zero-order chi connectivity index (χ0) is 24.8. The highest BCUT2D eigenvalue weighted by Gasteiger charge is 2.35. The first-order chi connectivity index (χ1) is 17.5. The molecule has 2 bridgehead atoms. The van der Waals surface area contributed by atoms with Crippen molar-refractivity contribution in [3.63, 3.8) is 0 Å². The Morgan fingerprint density at radius 3 is 2.42 bits per heavy atom. The highest BCUT2D eigenvalue weighted by Crippen LogP contribution is 2.38. The van der Waals surface area contributed by atoms with E-state index in [2.05, 4.69) is 15.9 Å². The van der Waals surface area contributed by atoms with Crippen molar-refractivity contribution in [2.45, 2.75) is 18.9 Å². The average Bonchev–Trinajstić information content (AvgIpc) is 2.89. The minimum Gasteiger partial charge on any atom is -0.397 e. The van der Waals surface area contributed by atoms with E-state index in [1.807, 2.05) is 27.7 Å². The highest BCUT2D eigenvalue weighted by molar-refractivity contribution is 5.96. The van der Waals surface area contributed by atoms with Crippen LogP contribution in [0.3, 0.4) is 0 Å². The number of piperazine rings is 1. The number of nitrogens with two attached hydrogens (primary N) is 1. The second-order valence-electron chi connectivity index (χ2n) is 10.1. The van der Waals surface area contributed by atoms with Crippen molar-refractivity contribution in [1.29, 1.82) is 0 Å².